The normalized spacial score (nSPS) is 18.4. The lowest BCUT2D eigenvalue weighted by Crippen LogP contribution is -2.47. The van der Waals surface area contributed by atoms with Gasteiger partial charge in [-0.3, -0.25) is 0 Å². The van der Waals surface area contributed by atoms with Crippen LogP contribution in [0.25, 0.3) is 0 Å². The summed E-state index contributed by atoms with van der Waals surface area (Å²) in [6.45, 7) is 2.28. The van der Waals surface area contributed by atoms with Crippen molar-refractivity contribution in [3.8, 4) is 6.07 Å². The van der Waals surface area contributed by atoms with Gasteiger partial charge in [0.25, 0.3) is 0 Å². The van der Waals surface area contributed by atoms with Crippen LogP contribution in [0.1, 0.15) is 5.69 Å². The second kappa shape index (κ2) is 5.02. The topological polar surface area (TPSA) is 77.3 Å². The Bertz CT molecular complexity index is 571. The summed E-state index contributed by atoms with van der Waals surface area (Å²) in [5.41, 5.74) is -0.0450. The monoisotopic (exact) mass is 266 g/mol. The van der Waals surface area contributed by atoms with Gasteiger partial charge in [0.05, 0.1) is 0 Å². The molecule has 6 nitrogen and oxygen atoms in total. The summed E-state index contributed by atoms with van der Waals surface area (Å²) in [5.74, 6) is 0. The van der Waals surface area contributed by atoms with E-state index in [0.717, 1.165) is 0 Å². The number of rotatable bonds is 2. The van der Waals surface area contributed by atoms with Crippen molar-refractivity contribution in [3.05, 3.63) is 24.0 Å². The molecule has 18 heavy (non-hydrogen) atoms. The summed E-state index contributed by atoms with van der Waals surface area (Å²) in [7, 11) is -1.65. The van der Waals surface area contributed by atoms with E-state index in [-0.39, 0.29) is 10.6 Å². The van der Waals surface area contributed by atoms with Crippen molar-refractivity contribution in [2.75, 3.05) is 33.2 Å². The fraction of sp³-hybridized carbons (Fsp3) is 0.455. The molecule has 0 atom stereocenters. The van der Waals surface area contributed by atoms with Gasteiger partial charge >= 0.3 is 0 Å². The smallest absolute Gasteiger partial charge is 0.246 e. The molecule has 1 fully saturated rings. The number of sulfonamides is 1. The van der Waals surface area contributed by atoms with Crippen molar-refractivity contribution in [1.29, 1.82) is 5.26 Å². The van der Waals surface area contributed by atoms with Crippen LogP contribution in [0, 0.1) is 11.3 Å². The molecule has 0 N–H and O–H groups in total. The van der Waals surface area contributed by atoms with Crippen LogP contribution in [0.2, 0.25) is 0 Å². The Morgan fingerprint density at radius 2 is 2.00 bits per heavy atom. The zero-order chi connectivity index (χ0) is 13.2. The van der Waals surface area contributed by atoms with E-state index in [9.17, 15) is 8.42 Å². The first-order valence-electron chi connectivity index (χ1n) is 5.59. The van der Waals surface area contributed by atoms with Gasteiger partial charge in [-0.1, -0.05) is 0 Å². The molecule has 0 saturated carbocycles. The summed E-state index contributed by atoms with van der Waals surface area (Å²) < 4.78 is 26.2. The van der Waals surface area contributed by atoms with Crippen molar-refractivity contribution in [1.82, 2.24) is 14.2 Å². The van der Waals surface area contributed by atoms with Crippen LogP contribution in [0.3, 0.4) is 0 Å². The molecule has 2 heterocycles. The SMILES string of the molecule is CN1CCN(S(=O)(=O)c2cccnc2C#N)CC1. The summed E-state index contributed by atoms with van der Waals surface area (Å²) >= 11 is 0. The molecular weight excluding hydrogens is 252 g/mol. The molecule has 0 amide bonds. The average molecular weight is 266 g/mol. The van der Waals surface area contributed by atoms with Gasteiger partial charge in [0.15, 0.2) is 5.69 Å². The Labute approximate surface area is 107 Å². The number of pyridine rings is 1. The number of likely N-dealkylation sites (N-methyl/N-ethyl adjacent to an activating group) is 1. The lowest BCUT2D eigenvalue weighted by molar-refractivity contribution is 0.222. The van der Waals surface area contributed by atoms with E-state index in [1.54, 1.807) is 0 Å². The lowest BCUT2D eigenvalue weighted by Gasteiger charge is -2.31. The van der Waals surface area contributed by atoms with E-state index < -0.39 is 10.0 Å². The molecular formula is C11H14N4O2S. The van der Waals surface area contributed by atoms with Gasteiger partial charge in [0.1, 0.15) is 11.0 Å². The number of piperazine rings is 1. The molecule has 2 rings (SSSR count). The summed E-state index contributed by atoms with van der Waals surface area (Å²) in [5, 5.41) is 8.92. The Balaban J connectivity index is 2.34. The molecule has 0 bridgehead atoms. The van der Waals surface area contributed by atoms with Crippen LogP contribution in [0.15, 0.2) is 23.2 Å². The maximum atomic E-state index is 12.4. The molecule has 96 valence electrons. The zero-order valence-electron chi connectivity index (χ0n) is 10.1. The predicted molar refractivity (Wildman–Crippen MR) is 65.2 cm³/mol. The van der Waals surface area contributed by atoms with Crippen LogP contribution in [0.4, 0.5) is 0 Å². The molecule has 0 unspecified atom stereocenters. The largest absolute Gasteiger partial charge is 0.304 e. The number of aromatic nitrogens is 1. The third-order valence-corrected chi connectivity index (χ3v) is 4.89. The number of nitriles is 1. The minimum Gasteiger partial charge on any atom is -0.304 e. The van der Waals surface area contributed by atoms with Crippen molar-refractivity contribution in [2.45, 2.75) is 4.90 Å². The molecule has 1 aliphatic heterocycles. The van der Waals surface area contributed by atoms with E-state index in [1.165, 1.54) is 22.6 Å². The van der Waals surface area contributed by atoms with Gasteiger partial charge in [0.2, 0.25) is 10.0 Å². The standard InChI is InChI=1S/C11H14N4O2S/c1-14-5-7-15(8-6-14)18(16,17)11-3-2-4-13-10(11)9-12/h2-4H,5-8H2,1H3. The highest BCUT2D eigenvalue weighted by atomic mass is 32.2. The maximum absolute atomic E-state index is 12.4. The van der Waals surface area contributed by atoms with Gasteiger partial charge in [-0.25, -0.2) is 13.4 Å². The van der Waals surface area contributed by atoms with Crippen molar-refractivity contribution >= 4 is 10.0 Å². The highest BCUT2D eigenvalue weighted by Gasteiger charge is 2.29. The number of hydrogen-bond donors (Lipinski definition) is 0. The van der Waals surface area contributed by atoms with Gasteiger partial charge in [-0.05, 0) is 19.2 Å². The van der Waals surface area contributed by atoms with Crippen LogP contribution >= 0.6 is 0 Å². The van der Waals surface area contributed by atoms with Crippen molar-refractivity contribution in [3.63, 3.8) is 0 Å². The summed E-state index contributed by atoms with van der Waals surface area (Å²) in [4.78, 5) is 5.86. The van der Waals surface area contributed by atoms with Crippen LogP contribution in [-0.4, -0.2) is 55.8 Å². The van der Waals surface area contributed by atoms with Crippen molar-refractivity contribution in [2.24, 2.45) is 0 Å². The van der Waals surface area contributed by atoms with Crippen molar-refractivity contribution < 1.29 is 8.42 Å². The van der Waals surface area contributed by atoms with Crippen LogP contribution in [0.5, 0.6) is 0 Å². The predicted octanol–water partition coefficient (Wildman–Crippen LogP) is -0.111. The molecule has 0 aromatic carbocycles. The fourth-order valence-electron chi connectivity index (χ4n) is 1.85. The third kappa shape index (κ3) is 2.36. The minimum absolute atomic E-state index is 0.00273. The van der Waals surface area contributed by atoms with Gasteiger partial charge in [0, 0.05) is 32.4 Å². The third-order valence-electron chi connectivity index (χ3n) is 2.96. The molecule has 1 saturated heterocycles. The van der Waals surface area contributed by atoms with E-state index in [0.29, 0.717) is 26.2 Å². The van der Waals surface area contributed by atoms with Gasteiger partial charge in [-0.15, -0.1) is 0 Å². The van der Waals surface area contributed by atoms with Gasteiger partial charge < -0.3 is 4.90 Å². The Hall–Kier alpha value is -1.49. The highest BCUT2D eigenvalue weighted by molar-refractivity contribution is 7.89. The fourth-order valence-corrected chi connectivity index (χ4v) is 3.37. The first-order chi connectivity index (χ1) is 8.55. The quantitative estimate of drug-likeness (QED) is 0.746. The number of hydrogen-bond acceptors (Lipinski definition) is 5. The molecule has 1 aliphatic rings. The maximum Gasteiger partial charge on any atom is 0.246 e. The first kappa shape index (κ1) is 13.0. The zero-order valence-corrected chi connectivity index (χ0v) is 10.9. The highest BCUT2D eigenvalue weighted by Crippen LogP contribution is 2.19. The Morgan fingerprint density at radius 1 is 1.33 bits per heavy atom. The van der Waals surface area contributed by atoms with Gasteiger partial charge in [-0.2, -0.15) is 9.57 Å². The molecule has 0 spiro atoms. The molecule has 1 aromatic rings. The van der Waals surface area contributed by atoms with E-state index in [2.05, 4.69) is 9.88 Å². The lowest BCUT2D eigenvalue weighted by atomic mass is 10.4. The second-order valence-corrected chi connectivity index (χ2v) is 6.08. The molecule has 1 aromatic heterocycles. The molecule has 0 aliphatic carbocycles. The first-order valence-corrected chi connectivity index (χ1v) is 7.03. The van der Waals surface area contributed by atoms with E-state index in [4.69, 9.17) is 5.26 Å². The minimum atomic E-state index is -3.61. The van der Waals surface area contributed by atoms with E-state index in [1.807, 2.05) is 13.1 Å². The van der Waals surface area contributed by atoms with Crippen LogP contribution in [-0.2, 0) is 10.0 Å². The summed E-state index contributed by atoms with van der Waals surface area (Å²) in [6.07, 6.45) is 1.42. The summed E-state index contributed by atoms with van der Waals surface area (Å²) in [6, 6.07) is 4.78. The number of nitrogens with zero attached hydrogens (tertiary/aromatic N) is 4. The van der Waals surface area contributed by atoms with E-state index >= 15 is 0 Å². The Morgan fingerprint density at radius 3 is 2.61 bits per heavy atom. The molecule has 0 radical (unpaired) electrons. The Kier molecular flexibility index (Phi) is 3.61. The second-order valence-electron chi connectivity index (χ2n) is 4.17. The average Bonchev–Trinajstić information content (AvgIpc) is 2.39. The van der Waals surface area contributed by atoms with Crippen LogP contribution < -0.4 is 0 Å². The molecule has 7 heteroatoms.